The number of rotatable bonds is 3. The van der Waals surface area contributed by atoms with Crippen molar-refractivity contribution < 1.29 is 14.7 Å². The Morgan fingerprint density at radius 1 is 1.22 bits per heavy atom. The van der Waals surface area contributed by atoms with E-state index >= 15 is 0 Å². The van der Waals surface area contributed by atoms with Crippen molar-refractivity contribution in [2.24, 2.45) is 0 Å². The van der Waals surface area contributed by atoms with Crippen LogP contribution in [0.1, 0.15) is 16.8 Å². The fraction of sp³-hybridized carbons (Fsp3) is 0.211. The molecule has 7 nitrogen and oxygen atoms in total. The number of aliphatic hydroxyl groups is 1. The van der Waals surface area contributed by atoms with Crippen LogP contribution >= 0.6 is 15.9 Å². The Hall–Kier alpha value is -2.71. The van der Waals surface area contributed by atoms with Crippen LogP contribution in [0.4, 0.5) is 5.69 Å². The van der Waals surface area contributed by atoms with Gasteiger partial charge in [0.2, 0.25) is 5.91 Å². The molecule has 0 aliphatic carbocycles. The first-order valence-corrected chi connectivity index (χ1v) is 9.29. The van der Waals surface area contributed by atoms with E-state index in [-0.39, 0.29) is 24.8 Å². The summed E-state index contributed by atoms with van der Waals surface area (Å²) >= 11 is 3.34. The highest BCUT2D eigenvalue weighted by atomic mass is 79.9. The molecule has 1 aliphatic rings. The van der Waals surface area contributed by atoms with Crippen LogP contribution in [0.25, 0.3) is 10.9 Å². The number of hydrogen-bond acceptors (Lipinski definition) is 4. The van der Waals surface area contributed by atoms with Gasteiger partial charge in [0.15, 0.2) is 0 Å². The summed E-state index contributed by atoms with van der Waals surface area (Å²) in [6.45, 7) is 0.133. The number of β-amino-alcohol motifs (C(OH)–C–C–N with tert-alkyl or cyclic N) is 1. The van der Waals surface area contributed by atoms with Gasteiger partial charge < -0.3 is 15.3 Å². The molecule has 0 bridgehead atoms. The van der Waals surface area contributed by atoms with Crippen LogP contribution in [-0.4, -0.2) is 50.7 Å². The molecular formula is C19H17BrN4O3. The van der Waals surface area contributed by atoms with Gasteiger partial charge in [-0.3, -0.25) is 14.7 Å². The van der Waals surface area contributed by atoms with Crippen molar-refractivity contribution in [2.75, 3.05) is 11.9 Å². The number of hydrogen-bond donors (Lipinski definition) is 3. The number of amides is 2. The van der Waals surface area contributed by atoms with Gasteiger partial charge in [0, 0.05) is 34.1 Å². The number of nitrogens with zero attached hydrogens (tertiary/aromatic N) is 2. The van der Waals surface area contributed by atoms with Crippen molar-refractivity contribution in [1.29, 1.82) is 0 Å². The lowest BCUT2D eigenvalue weighted by Crippen LogP contribution is -2.43. The maximum absolute atomic E-state index is 12.8. The van der Waals surface area contributed by atoms with Crippen LogP contribution in [0, 0.1) is 0 Å². The Morgan fingerprint density at radius 3 is 2.78 bits per heavy atom. The maximum atomic E-state index is 12.8. The highest BCUT2D eigenvalue weighted by molar-refractivity contribution is 9.10. The van der Waals surface area contributed by atoms with Gasteiger partial charge in [-0.1, -0.05) is 15.9 Å². The number of anilines is 1. The summed E-state index contributed by atoms with van der Waals surface area (Å²) in [5.74, 6) is -0.593. The minimum atomic E-state index is -0.726. The molecule has 1 fully saturated rings. The first kappa shape index (κ1) is 17.7. The zero-order valence-electron chi connectivity index (χ0n) is 14.2. The molecule has 2 amide bonds. The Kier molecular flexibility index (Phi) is 4.67. The lowest BCUT2D eigenvalue weighted by molar-refractivity contribution is -0.119. The van der Waals surface area contributed by atoms with Crippen LogP contribution in [-0.2, 0) is 4.79 Å². The molecule has 0 spiro atoms. The predicted octanol–water partition coefficient (Wildman–Crippen LogP) is 2.54. The number of benzene rings is 2. The molecule has 1 aromatic heterocycles. The predicted molar refractivity (Wildman–Crippen MR) is 104 cm³/mol. The first-order chi connectivity index (χ1) is 13.0. The summed E-state index contributed by atoms with van der Waals surface area (Å²) in [4.78, 5) is 27.0. The van der Waals surface area contributed by atoms with Crippen LogP contribution < -0.4 is 5.32 Å². The zero-order chi connectivity index (χ0) is 19.0. The van der Waals surface area contributed by atoms with Gasteiger partial charge in [0.25, 0.3) is 5.91 Å². The number of aliphatic hydroxyl groups excluding tert-OH is 1. The first-order valence-electron chi connectivity index (χ1n) is 8.50. The van der Waals surface area contributed by atoms with E-state index in [9.17, 15) is 14.7 Å². The highest BCUT2D eigenvalue weighted by Gasteiger charge is 2.39. The van der Waals surface area contributed by atoms with Crippen LogP contribution in [0.2, 0.25) is 0 Å². The second-order valence-electron chi connectivity index (χ2n) is 6.53. The zero-order valence-corrected chi connectivity index (χ0v) is 15.8. The molecule has 0 radical (unpaired) electrons. The van der Waals surface area contributed by atoms with Crippen molar-refractivity contribution >= 4 is 44.3 Å². The maximum Gasteiger partial charge on any atom is 0.254 e. The van der Waals surface area contributed by atoms with E-state index in [0.717, 1.165) is 15.4 Å². The van der Waals surface area contributed by atoms with E-state index in [0.29, 0.717) is 11.3 Å². The number of carbonyl (C=O) groups is 2. The van der Waals surface area contributed by atoms with E-state index in [1.807, 2.05) is 12.1 Å². The number of aromatic nitrogens is 2. The molecule has 138 valence electrons. The fourth-order valence-corrected chi connectivity index (χ4v) is 3.56. The molecule has 0 saturated carbocycles. The molecule has 2 atom stereocenters. The second-order valence-corrected chi connectivity index (χ2v) is 7.45. The van der Waals surface area contributed by atoms with Gasteiger partial charge in [-0.05, 0) is 42.5 Å². The Labute approximate surface area is 163 Å². The molecule has 4 rings (SSSR count). The Balaban J connectivity index is 1.53. The number of carbonyl (C=O) groups excluding carboxylic acids is 2. The van der Waals surface area contributed by atoms with E-state index in [4.69, 9.17) is 0 Å². The summed E-state index contributed by atoms with van der Waals surface area (Å²) < 4.78 is 0.865. The van der Waals surface area contributed by atoms with Crippen LogP contribution in [0.15, 0.2) is 53.1 Å². The summed E-state index contributed by atoms with van der Waals surface area (Å²) in [5.41, 5.74) is 1.97. The van der Waals surface area contributed by atoms with Crippen molar-refractivity contribution in [3.8, 4) is 0 Å². The second kappa shape index (κ2) is 7.13. The van der Waals surface area contributed by atoms with Gasteiger partial charge in [0.1, 0.15) is 6.04 Å². The topological polar surface area (TPSA) is 98.3 Å². The molecule has 3 N–H and O–H groups in total. The third-order valence-corrected chi connectivity index (χ3v) is 5.17. The van der Waals surface area contributed by atoms with Gasteiger partial charge >= 0.3 is 0 Å². The molecule has 2 aromatic carbocycles. The fourth-order valence-electron chi connectivity index (χ4n) is 3.29. The number of aromatic amines is 1. The van der Waals surface area contributed by atoms with Gasteiger partial charge in [0.05, 0.1) is 17.8 Å². The lowest BCUT2D eigenvalue weighted by Gasteiger charge is -2.23. The van der Waals surface area contributed by atoms with Crippen molar-refractivity contribution in [3.05, 3.63) is 58.7 Å². The SMILES string of the molecule is O=C(Nc1ccc2[nH]ncc2c1)[C@@H]1C[C@H](O)CN1C(=O)c1ccc(Br)cc1. The third-order valence-electron chi connectivity index (χ3n) is 4.64. The quantitative estimate of drug-likeness (QED) is 0.596. The average molecular weight is 429 g/mol. The van der Waals surface area contributed by atoms with E-state index in [1.54, 1.807) is 36.5 Å². The molecule has 1 aliphatic heterocycles. The van der Waals surface area contributed by atoms with E-state index in [1.165, 1.54) is 4.90 Å². The van der Waals surface area contributed by atoms with Crippen molar-refractivity contribution in [2.45, 2.75) is 18.6 Å². The highest BCUT2D eigenvalue weighted by Crippen LogP contribution is 2.24. The van der Waals surface area contributed by atoms with Gasteiger partial charge in [-0.25, -0.2) is 0 Å². The molecular weight excluding hydrogens is 412 g/mol. The van der Waals surface area contributed by atoms with Gasteiger partial charge in [-0.15, -0.1) is 0 Å². The molecule has 2 heterocycles. The monoisotopic (exact) mass is 428 g/mol. The number of H-pyrrole nitrogens is 1. The van der Waals surface area contributed by atoms with Gasteiger partial charge in [-0.2, -0.15) is 5.10 Å². The normalized spacial score (nSPS) is 19.4. The summed E-state index contributed by atoms with van der Waals surface area (Å²) in [5, 5.41) is 20.6. The average Bonchev–Trinajstić information content (AvgIpc) is 3.27. The van der Waals surface area contributed by atoms with E-state index < -0.39 is 12.1 Å². The smallest absolute Gasteiger partial charge is 0.254 e. The molecule has 8 heteroatoms. The Bertz CT molecular complexity index is 1000. The summed E-state index contributed by atoms with van der Waals surface area (Å²) in [6.07, 6.45) is 1.16. The summed E-state index contributed by atoms with van der Waals surface area (Å²) in [7, 11) is 0. The van der Waals surface area contributed by atoms with Crippen molar-refractivity contribution in [3.63, 3.8) is 0 Å². The largest absolute Gasteiger partial charge is 0.391 e. The molecule has 3 aromatic rings. The summed E-state index contributed by atoms with van der Waals surface area (Å²) in [6, 6.07) is 11.6. The number of nitrogens with one attached hydrogen (secondary N) is 2. The number of halogens is 1. The minimum Gasteiger partial charge on any atom is -0.391 e. The lowest BCUT2D eigenvalue weighted by atomic mass is 10.1. The Morgan fingerprint density at radius 2 is 2.00 bits per heavy atom. The van der Waals surface area contributed by atoms with Crippen molar-refractivity contribution in [1.82, 2.24) is 15.1 Å². The van der Waals surface area contributed by atoms with E-state index in [2.05, 4.69) is 31.4 Å². The van der Waals surface area contributed by atoms with Crippen LogP contribution in [0.5, 0.6) is 0 Å². The minimum absolute atomic E-state index is 0.133. The third kappa shape index (κ3) is 3.58. The van der Waals surface area contributed by atoms with Crippen LogP contribution in [0.3, 0.4) is 0 Å². The molecule has 27 heavy (non-hydrogen) atoms. The standard InChI is InChI=1S/C19H17BrN4O3/c20-13-3-1-11(2-4-13)19(27)24-10-15(25)8-17(24)18(26)22-14-5-6-16-12(7-14)9-21-23-16/h1-7,9,15,17,25H,8,10H2,(H,21,23)(H,22,26)/t15-,17-/m0/s1. The number of fused-ring (bicyclic) bond motifs is 1. The number of likely N-dealkylation sites (tertiary alicyclic amines) is 1. The molecule has 1 saturated heterocycles. The molecule has 0 unspecified atom stereocenters.